The highest BCUT2D eigenvalue weighted by molar-refractivity contribution is 7.14. The summed E-state index contributed by atoms with van der Waals surface area (Å²) < 4.78 is 11.2. The summed E-state index contributed by atoms with van der Waals surface area (Å²) in [5.74, 6) is 1.47. The van der Waals surface area contributed by atoms with Gasteiger partial charge in [-0.25, -0.2) is 9.97 Å². The minimum atomic E-state index is -0.207. The van der Waals surface area contributed by atoms with Crippen LogP contribution in [-0.2, 0) is 17.8 Å². The maximum absolute atomic E-state index is 12.4. The molecule has 0 atom stereocenters. The zero-order valence-corrected chi connectivity index (χ0v) is 19.9. The third-order valence-corrected chi connectivity index (χ3v) is 6.18. The molecule has 3 aromatic heterocycles. The molecular weight excluding hydrogens is 472 g/mol. The third-order valence-electron chi connectivity index (χ3n) is 4.50. The van der Waals surface area contributed by atoms with Gasteiger partial charge in [0.25, 0.3) is 5.91 Å². The van der Waals surface area contributed by atoms with Gasteiger partial charge >= 0.3 is 0 Å². The number of carbonyl (C=O) groups is 2. The number of hydrogen-bond donors (Lipinski definition) is 2. The van der Waals surface area contributed by atoms with Gasteiger partial charge in [-0.3, -0.25) is 14.9 Å². The molecule has 0 fully saturated rings. The van der Waals surface area contributed by atoms with E-state index in [0.29, 0.717) is 40.5 Å². The largest absolute Gasteiger partial charge is 0.494 e. The maximum Gasteiger partial charge on any atom is 0.267 e. The lowest BCUT2D eigenvalue weighted by molar-refractivity contribution is -0.120. The second-order valence-corrected chi connectivity index (χ2v) is 8.84. The van der Waals surface area contributed by atoms with Gasteiger partial charge in [0.05, 0.1) is 23.6 Å². The standard InChI is InChI=1S/C24H22N4O4S2/c1-2-31-18-5-7-19(8-6-18)32-22-12-16(9-10-25-22)14-26-21(29)13-17-15-34-24(27-17)28-23(30)20-4-3-11-33-20/h3-12,15H,2,13-14H2,1H3,(H,26,29)(H,27,28,30). The molecule has 0 saturated heterocycles. The zero-order chi connectivity index (χ0) is 23.8. The van der Waals surface area contributed by atoms with Crippen molar-refractivity contribution in [2.75, 3.05) is 11.9 Å². The molecule has 0 aliphatic carbocycles. The van der Waals surface area contributed by atoms with Crippen LogP contribution in [0.25, 0.3) is 0 Å². The summed E-state index contributed by atoms with van der Waals surface area (Å²) in [6.07, 6.45) is 1.75. The van der Waals surface area contributed by atoms with Crippen LogP contribution in [0, 0.1) is 0 Å². The first kappa shape index (κ1) is 23.4. The van der Waals surface area contributed by atoms with Crippen molar-refractivity contribution in [3.8, 4) is 17.4 Å². The Morgan fingerprint density at radius 2 is 1.88 bits per heavy atom. The molecule has 3 heterocycles. The van der Waals surface area contributed by atoms with E-state index in [1.54, 1.807) is 23.7 Å². The molecule has 4 rings (SSSR count). The van der Waals surface area contributed by atoms with Crippen LogP contribution in [0.4, 0.5) is 5.13 Å². The van der Waals surface area contributed by atoms with Gasteiger partial charge in [0.1, 0.15) is 11.5 Å². The van der Waals surface area contributed by atoms with E-state index in [0.717, 1.165) is 11.3 Å². The molecule has 0 saturated carbocycles. The molecule has 0 radical (unpaired) electrons. The maximum atomic E-state index is 12.4. The second-order valence-electron chi connectivity index (χ2n) is 7.04. The summed E-state index contributed by atoms with van der Waals surface area (Å²) in [7, 11) is 0. The Morgan fingerprint density at radius 1 is 1.06 bits per heavy atom. The lowest BCUT2D eigenvalue weighted by Crippen LogP contribution is -2.24. The topological polar surface area (TPSA) is 102 Å². The molecule has 0 unspecified atom stereocenters. The SMILES string of the molecule is CCOc1ccc(Oc2cc(CNC(=O)Cc3csc(NC(=O)c4cccs4)n3)ccn2)cc1. The molecule has 4 aromatic rings. The fourth-order valence-corrected chi connectivity index (χ4v) is 4.27. The highest BCUT2D eigenvalue weighted by Gasteiger charge is 2.12. The van der Waals surface area contributed by atoms with Crippen molar-refractivity contribution in [1.82, 2.24) is 15.3 Å². The summed E-state index contributed by atoms with van der Waals surface area (Å²) in [6.45, 7) is 2.86. The smallest absolute Gasteiger partial charge is 0.267 e. The third kappa shape index (κ3) is 6.63. The number of pyridine rings is 1. The summed E-state index contributed by atoms with van der Waals surface area (Å²) in [6, 6.07) is 14.4. The van der Waals surface area contributed by atoms with Crippen molar-refractivity contribution in [2.24, 2.45) is 0 Å². The van der Waals surface area contributed by atoms with E-state index in [9.17, 15) is 9.59 Å². The van der Waals surface area contributed by atoms with Crippen LogP contribution in [0.15, 0.2) is 65.5 Å². The van der Waals surface area contributed by atoms with E-state index in [1.807, 2.05) is 48.7 Å². The van der Waals surface area contributed by atoms with Crippen LogP contribution < -0.4 is 20.1 Å². The van der Waals surface area contributed by atoms with Crippen molar-refractivity contribution >= 4 is 39.6 Å². The summed E-state index contributed by atoms with van der Waals surface area (Å²) in [5.41, 5.74) is 1.45. The predicted octanol–water partition coefficient (Wildman–Crippen LogP) is 4.90. The minimum absolute atomic E-state index is 0.117. The number of hydrogen-bond acceptors (Lipinski definition) is 8. The average Bonchev–Trinajstić information content (AvgIpc) is 3.52. The van der Waals surface area contributed by atoms with Gasteiger partial charge < -0.3 is 14.8 Å². The number of carbonyl (C=O) groups excluding carboxylic acids is 2. The lowest BCUT2D eigenvalue weighted by atomic mass is 10.2. The van der Waals surface area contributed by atoms with Gasteiger partial charge in [-0.1, -0.05) is 6.07 Å². The number of thiazole rings is 1. The number of ether oxygens (including phenoxy) is 2. The fourth-order valence-electron chi connectivity index (χ4n) is 2.95. The molecule has 2 amide bonds. The molecule has 10 heteroatoms. The first-order valence-corrected chi connectivity index (χ1v) is 12.3. The van der Waals surface area contributed by atoms with E-state index in [2.05, 4.69) is 20.6 Å². The number of nitrogens with zero attached hydrogens (tertiary/aromatic N) is 2. The van der Waals surface area contributed by atoms with E-state index in [-0.39, 0.29) is 18.2 Å². The number of thiophene rings is 1. The van der Waals surface area contributed by atoms with Crippen LogP contribution in [0.1, 0.15) is 27.9 Å². The van der Waals surface area contributed by atoms with Crippen LogP contribution in [0.2, 0.25) is 0 Å². The Labute approximate surface area is 204 Å². The molecule has 2 N–H and O–H groups in total. The quantitative estimate of drug-likeness (QED) is 0.325. The van der Waals surface area contributed by atoms with Crippen LogP contribution in [0.5, 0.6) is 17.4 Å². The van der Waals surface area contributed by atoms with Gasteiger partial charge in [0.15, 0.2) is 5.13 Å². The minimum Gasteiger partial charge on any atom is -0.494 e. The molecule has 0 aliphatic rings. The van der Waals surface area contributed by atoms with Gasteiger partial charge in [-0.15, -0.1) is 22.7 Å². The van der Waals surface area contributed by atoms with Gasteiger partial charge in [0.2, 0.25) is 11.8 Å². The molecule has 0 aliphatic heterocycles. The van der Waals surface area contributed by atoms with Crippen LogP contribution >= 0.6 is 22.7 Å². The Morgan fingerprint density at radius 3 is 2.65 bits per heavy atom. The van der Waals surface area contributed by atoms with Crippen molar-refractivity contribution in [3.63, 3.8) is 0 Å². The summed E-state index contributed by atoms with van der Waals surface area (Å²) >= 11 is 2.64. The van der Waals surface area contributed by atoms with Crippen molar-refractivity contribution in [2.45, 2.75) is 19.9 Å². The number of aromatic nitrogens is 2. The Bertz CT molecular complexity index is 1240. The monoisotopic (exact) mass is 494 g/mol. The van der Waals surface area contributed by atoms with Crippen LogP contribution in [0.3, 0.4) is 0 Å². The highest BCUT2D eigenvalue weighted by Crippen LogP contribution is 2.23. The van der Waals surface area contributed by atoms with Crippen LogP contribution in [-0.4, -0.2) is 28.4 Å². The number of anilines is 1. The van der Waals surface area contributed by atoms with E-state index >= 15 is 0 Å². The fraction of sp³-hybridized carbons (Fsp3) is 0.167. The number of rotatable bonds is 10. The van der Waals surface area contributed by atoms with Crippen molar-refractivity contribution in [1.29, 1.82) is 0 Å². The Kier molecular flexibility index (Phi) is 7.84. The molecule has 0 bridgehead atoms. The lowest BCUT2D eigenvalue weighted by Gasteiger charge is -2.09. The van der Waals surface area contributed by atoms with E-state index < -0.39 is 0 Å². The van der Waals surface area contributed by atoms with E-state index in [1.165, 1.54) is 22.7 Å². The number of benzene rings is 1. The molecule has 34 heavy (non-hydrogen) atoms. The van der Waals surface area contributed by atoms with Gasteiger partial charge in [-0.05, 0) is 54.3 Å². The normalized spacial score (nSPS) is 10.5. The summed E-state index contributed by atoms with van der Waals surface area (Å²) in [4.78, 5) is 33.6. The highest BCUT2D eigenvalue weighted by atomic mass is 32.1. The van der Waals surface area contributed by atoms with Gasteiger partial charge in [0, 0.05) is 24.2 Å². The molecule has 0 spiro atoms. The van der Waals surface area contributed by atoms with Crippen molar-refractivity contribution < 1.29 is 19.1 Å². The molecule has 174 valence electrons. The first-order valence-electron chi connectivity index (χ1n) is 10.5. The van der Waals surface area contributed by atoms with Gasteiger partial charge in [-0.2, -0.15) is 0 Å². The molecule has 8 nitrogen and oxygen atoms in total. The number of amides is 2. The second kappa shape index (κ2) is 11.4. The summed E-state index contributed by atoms with van der Waals surface area (Å²) in [5, 5.41) is 9.69. The zero-order valence-electron chi connectivity index (χ0n) is 18.3. The first-order chi connectivity index (χ1) is 16.6. The van der Waals surface area contributed by atoms with E-state index in [4.69, 9.17) is 9.47 Å². The Hall–Kier alpha value is -3.76. The Balaban J connectivity index is 1.26. The molecule has 1 aromatic carbocycles. The average molecular weight is 495 g/mol. The van der Waals surface area contributed by atoms with Crippen molar-refractivity contribution in [3.05, 3.63) is 81.6 Å². The molecular formula is C24H22N4O4S2. The predicted molar refractivity (Wildman–Crippen MR) is 132 cm³/mol. The number of nitrogens with one attached hydrogen (secondary N) is 2.